The van der Waals surface area contributed by atoms with Crippen molar-refractivity contribution >= 4 is 32.8 Å². The van der Waals surface area contributed by atoms with Crippen LogP contribution in [0.2, 0.25) is 0 Å². The van der Waals surface area contributed by atoms with Crippen LogP contribution in [0.1, 0.15) is 53.4 Å². The van der Waals surface area contributed by atoms with Gasteiger partial charge in [0.25, 0.3) is 0 Å². The van der Waals surface area contributed by atoms with Gasteiger partial charge in [-0.3, -0.25) is 0 Å². The molecule has 0 fully saturated rings. The summed E-state index contributed by atoms with van der Waals surface area (Å²) in [5, 5.41) is 5.29. The van der Waals surface area contributed by atoms with Crippen LogP contribution in [0.3, 0.4) is 0 Å². The largest absolute Gasteiger partial charge is 0.444 e. The highest BCUT2D eigenvalue weighted by Gasteiger charge is 2.32. The molecule has 2 aromatic carbocycles. The Bertz CT molecular complexity index is 1030. The lowest BCUT2D eigenvalue weighted by atomic mass is 9.86. The molecular weight excluding hydrogens is 430 g/mol. The Balaban J connectivity index is 1.89. The number of imidazole rings is 1. The van der Waals surface area contributed by atoms with Gasteiger partial charge in [0.1, 0.15) is 11.4 Å². The molecule has 0 radical (unpaired) electrons. The Morgan fingerprint density at radius 3 is 2.38 bits per heavy atom. The van der Waals surface area contributed by atoms with Crippen LogP contribution >= 0.6 is 15.9 Å². The first-order valence-corrected chi connectivity index (χ1v) is 10.5. The van der Waals surface area contributed by atoms with Crippen molar-refractivity contribution in [2.75, 3.05) is 0 Å². The number of nitrogens with zero attached hydrogens (tertiary/aromatic N) is 1. The van der Waals surface area contributed by atoms with E-state index in [4.69, 9.17) is 4.74 Å². The van der Waals surface area contributed by atoms with Crippen molar-refractivity contribution in [2.24, 2.45) is 5.41 Å². The van der Waals surface area contributed by atoms with E-state index < -0.39 is 11.7 Å². The number of aromatic amines is 1. The van der Waals surface area contributed by atoms with Crippen LogP contribution in [0.25, 0.3) is 22.0 Å². The number of rotatable bonds is 3. The molecule has 29 heavy (non-hydrogen) atoms. The number of H-pyrrole nitrogens is 1. The third-order valence-corrected chi connectivity index (χ3v) is 5.00. The molecule has 1 amide bonds. The minimum atomic E-state index is -0.555. The Labute approximate surface area is 180 Å². The molecule has 1 heterocycles. The van der Waals surface area contributed by atoms with Gasteiger partial charge in [-0.1, -0.05) is 54.9 Å². The fraction of sp³-hybridized carbons (Fsp3) is 0.391. The van der Waals surface area contributed by atoms with E-state index in [1.54, 1.807) is 0 Å². The molecule has 0 aliphatic heterocycles. The van der Waals surface area contributed by atoms with Gasteiger partial charge in [0.2, 0.25) is 0 Å². The van der Waals surface area contributed by atoms with E-state index in [2.05, 4.69) is 82.3 Å². The lowest BCUT2D eigenvalue weighted by molar-refractivity contribution is 0.0458. The lowest BCUT2D eigenvalue weighted by Gasteiger charge is -2.31. The SMILES string of the molecule is CC(C)(C)OC(=O)N[C@H](c1ncc(-c2ccc3cc(Br)ccc3c2)[nH]1)C(C)(C)C. The van der Waals surface area contributed by atoms with Crippen molar-refractivity contribution in [3.8, 4) is 11.3 Å². The summed E-state index contributed by atoms with van der Waals surface area (Å²) in [6.07, 6.45) is 1.36. The summed E-state index contributed by atoms with van der Waals surface area (Å²) >= 11 is 3.51. The van der Waals surface area contributed by atoms with Crippen LogP contribution < -0.4 is 5.32 Å². The second-order valence-electron chi connectivity index (χ2n) is 9.33. The van der Waals surface area contributed by atoms with Crippen LogP contribution in [-0.2, 0) is 4.74 Å². The van der Waals surface area contributed by atoms with Crippen LogP contribution in [0, 0.1) is 5.41 Å². The van der Waals surface area contributed by atoms with Crippen molar-refractivity contribution in [2.45, 2.75) is 53.2 Å². The molecule has 154 valence electrons. The Morgan fingerprint density at radius 2 is 1.72 bits per heavy atom. The van der Waals surface area contributed by atoms with Crippen molar-refractivity contribution in [1.29, 1.82) is 0 Å². The highest BCUT2D eigenvalue weighted by Crippen LogP contribution is 2.33. The molecule has 3 aromatic rings. The first kappa shape index (κ1) is 21.4. The summed E-state index contributed by atoms with van der Waals surface area (Å²) in [5.41, 5.74) is 1.15. The molecule has 0 bridgehead atoms. The fourth-order valence-electron chi connectivity index (χ4n) is 3.13. The lowest BCUT2D eigenvalue weighted by Crippen LogP contribution is -2.40. The van der Waals surface area contributed by atoms with Gasteiger partial charge in [-0.2, -0.15) is 0 Å². The number of hydrogen-bond donors (Lipinski definition) is 2. The molecule has 1 aromatic heterocycles. The molecule has 0 aliphatic carbocycles. The van der Waals surface area contributed by atoms with Crippen LogP contribution in [0.15, 0.2) is 47.1 Å². The number of carbonyl (C=O) groups is 1. The number of carbonyl (C=O) groups excluding carboxylic acids is 1. The molecular formula is C23H28BrN3O2. The normalized spacial score (nSPS) is 13.3. The quantitative estimate of drug-likeness (QED) is 0.465. The average Bonchev–Trinajstić information content (AvgIpc) is 3.06. The Kier molecular flexibility index (Phi) is 5.77. The van der Waals surface area contributed by atoms with Gasteiger partial charge >= 0.3 is 6.09 Å². The van der Waals surface area contributed by atoms with E-state index in [0.717, 1.165) is 21.1 Å². The molecule has 5 nitrogen and oxygen atoms in total. The van der Waals surface area contributed by atoms with Crippen molar-refractivity contribution in [3.63, 3.8) is 0 Å². The molecule has 0 spiro atoms. The van der Waals surface area contributed by atoms with Crippen LogP contribution in [-0.4, -0.2) is 21.7 Å². The maximum atomic E-state index is 12.4. The number of aromatic nitrogens is 2. The number of hydrogen-bond acceptors (Lipinski definition) is 3. The highest BCUT2D eigenvalue weighted by atomic mass is 79.9. The first-order chi connectivity index (χ1) is 13.4. The van der Waals surface area contributed by atoms with E-state index in [1.165, 1.54) is 5.39 Å². The number of ether oxygens (including phenoxy) is 1. The monoisotopic (exact) mass is 457 g/mol. The molecule has 1 atom stereocenters. The van der Waals surface area contributed by atoms with Gasteiger partial charge in [0.05, 0.1) is 17.9 Å². The van der Waals surface area contributed by atoms with Crippen molar-refractivity contribution < 1.29 is 9.53 Å². The van der Waals surface area contributed by atoms with Gasteiger partial charge < -0.3 is 15.0 Å². The number of alkyl carbamates (subject to hydrolysis) is 1. The fourth-order valence-corrected chi connectivity index (χ4v) is 3.51. The second kappa shape index (κ2) is 7.82. The third-order valence-electron chi connectivity index (χ3n) is 4.51. The van der Waals surface area contributed by atoms with Crippen LogP contribution in [0.4, 0.5) is 4.79 Å². The maximum absolute atomic E-state index is 12.4. The molecule has 6 heteroatoms. The van der Waals surface area contributed by atoms with E-state index >= 15 is 0 Å². The zero-order valence-electron chi connectivity index (χ0n) is 17.8. The van der Waals surface area contributed by atoms with Gasteiger partial charge in [0, 0.05) is 10.0 Å². The number of halogens is 1. The Morgan fingerprint density at radius 1 is 1.07 bits per heavy atom. The molecule has 0 aliphatic rings. The molecule has 0 saturated heterocycles. The summed E-state index contributed by atoms with van der Waals surface area (Å²) < 4.78 is 6.50. The summed E-state index contributed by atoms with van der Waals surface area (Å²) in [6, 6.07) is 12.2. The second-order valence-corrected chi connectivity index (χ2v) is 10.2. The standard InChI is InChI=1S/C23H28BrN3O2/c1-22(2,3)19(27-21(28)29-23(4,5)6)20-25-13-18(26-20)16-8-7-15-12-17(24)10-9-14(15)11-16/h7-13,19H,1-6H3,(H,25,26)(H,27,28)/t19-/m1/s1. The summed E-state index contributed by atoms with van der Waals surface area (Å²) in [7, 11) is 0. The summed E-state index contributed by atoms with van der Waals surface area (Å²) in [6.45, 7) is 11.7. The first-order valence-electron chi connectivity index (χ1n) is 9.66. The number of fused-ring (bicyclic) bond motifs is 1. The summed E-state index contributed by atoms with van der Waals surface area (Å²) in [4.78, 5) is 20.3. The van der Waals surface area contributed by atoms with Crippen molar-refractivity contribution in [3.05, 3.63) is 52.9 Å². The zero-order chi connectivity index (χ0) is 21.4. The zero-order valence-corrected chi connectivity index (χ0v) is 19.3. The third kappa shape index (κ3) is 5.38. The minimum absolute atomic E-state index is 0.248. The van der Waals surface area contributed by atoms with Crippen molar-refractivity contribution in [1.82, 2.24) is 15.3 Å². The van der Waals surface area contributed by atoms with E-state index in [0.29, 0.717) is 5.82 Å². The number of amides is 1. The van der Waals surface area contributed by atoms with E-state index in [-0.39, 0.29) is 11.5 Å². The molecule has 3 rings (SSSR count). The van der Waals surface area contributed by atoms with Gasteiger partial charge in [-0.05, 0) is 55.2 Å². The molecule has 0 unspecified atom stereocenters. The van der Waals surface area contributed by atoms with Gasteiger partial charge in [-0.15, -0.1) is 0 Å². The van der Waals surface area contributed by atoms with Crippen LogP contribution in [0.5, 0.6) is 0 Å². The smallest absolute Gasteiger partial charge is 0.408 e. The average molecular weight is 458 g/mol. The van der Waals surface area contributed by atoms with E-state index in [1.807, 2.05) is 33.0 Å². The molecule has 2 N–H and O–H groups in total. The predicted molar refractivity (Wildman–Crippen MR) is 121 cm³/mol. The van der Waals surface area contributed by atoms with E-state index in [9.17, 15) is 4.79 Å². The number of benzene rings is 2. The van der Waals surface area contributed by atoms with Gasteiger partial charge in [-0.25, -0.2) is 9.78 Å². The molecule has 0 saturated carbocycles. The summed E-state index contributed by atoms with van der Waals surface area (Å²) in [5.74, 6) is 0.703. The van der Waals surface area contributed by atoms with Gasteiger partial charge in [0.15, 0.2) is 0 Å². The Hall–Kier alpha value is -2.34. The number of nitrogens with one attached hydrogen (secondary N) is 2. The highest BCUT2D eigenvalue weighted by molar-refractivity contribution is 9.10. The maximum Gasteiger partial charge on any atom is 0.408 e. The minimum Gasteiger partial charge on any atom is -0.444 e. The topological polar surface area (TPSA) is 67.0 Å². The predicted octanol–water partition coefficient (Wildman–Crippen LogP) is 6.60.